The van der Waals surface area contributed by atoms with E-state index in [0.29, 0.717) is 5.75 Å². The highest BCUT2D eigenvalue weighted by atomic mass is 16.6. The van der Waals surface area contributed by atoms with Crippen molar-refractivity contribution in [3.05, 3.63) is 56.1 Å². The number of piperidine rings is 1. The first-order chi connectivity index (χ1) is 13.9. The molecule has 1 aliphatic heterocycles. The van der Waals surface area contributed by atoms with Crippen LogP contribution in [0.5, 0.6) is 11.6 Å². The number of nitrogens with one attached hydrogen (secondary N) is 1. The number of H-pyrrole nitrogens is 1. The Hall–Kier alpha value is -3.69. The van der Waals surface area contributed by atoms with Gasteiger partial charge in [-0.2, -0.15) is 4.98 Å². The van der Waals surface area contributed by atoms with Crippen LogP contribution < -0.4 is 10.3 Å². The van der Waals surface area contributed by atoms with Crippen molar-refractivity contribution in [1.29, 1.82) is 0 Å². The van der Waals surface area contributed by atoms with Gasteiger partial charge in [0.1, 0.15) is 11.6 Å². The molecule has 1 aromatic heterocycles. The number of aromatic amines is 1. The molecule has 3 rings (SSSR count). The average molecular weight is 400 g/mol. The van der Waals surface area contributed by atoms with Gasteiger partial charge in [0.25, 0.3) is 11.8 Å². The van der Waals surface area contributed by atoms with Crippen LogP contribution >= 0.6 is 0 Å². The molecule has 1 aromatic carbocycles. The minimum Gasteiger partial charge on any atom is -0.488 e. The molecule has 0 atom stereocenters. The number of hydrogen-bond acceptors (Lipinski definition) is 7. The zero-order valence-corrected chi connectivity index (χ0v) is 15.5. The summed E-state index contributed by atoms with van der Waals surface area (Å²) in [7, 11) is 0. The summed E-state index contributed by atoms with van der Waals surface area (Å²) in [5.74, 6) is -0.445. The molecule has 0 bridgehead atoms. The van der Waals surface area contributed by atoms with Crippen molar-refractivity contribution < 1.29 is 19.6 Å². The van der Waals surface area contributed by atoms with Gasteiger partial charge in [-0.25, -0.2) is 0 Å². The first-order valence-corrected chi connectivity index (χ1v) is 9.10. The number of rotatable bonds is 6. The topological polar surface area (TPSA) is 139 Å². The van der Waals surface area contributed by atoms with Crippen molar-refractivity contribution in [2.45, 2.75) is 19.3 Å². The fourth-order valence-electron chi connectivity index (χ4n) is 2.95. The van der Waals surface area contributed by atoms with Gasteiger partial charge >= 0.3 is 11.2 Å². The second kappa shape index (κ2) is 9.00. The smallest absolute Gasteiger partial charge is 0.395 e. The van der Waals surface area contributed by atoms with Crippen molar-refractivity contribution in [2.24, 2.45) is 0 Å². The van der Waals surface area contributed by atoms with Gasteiger partial charge in [0, 0.05) is 13.1 Å². The number of benzene rings is 1. The van der Waals surface area contributed by atoms with Crippen LogP contribution in [-0.4, -0.2) is 50.5 Å². The van der Waals surface area contributed by atoms with Gasteiger partial charge in [-0.1, -0.05) is 18.2 Å². The number of aromatic nitrogens is 2. The normalized spacial score (nSPS) is 14.1. The van der Waals surface area contributed by atoms with Gasteiger partial charge in [-0.15, -0.1) is 0 Å². The zero-order valence-electron chi connectivity index (χ0n) is 15.5. The third-order valence-electron chi connectivity index (χ3n) is 4.46. The number of carbonyl (C=O) groups is 1. The number of aromatic hydroxyl groups is 1. The quantitative estimate of drug-likeness (QED) is 0.558. The van der Waals surface area contributed by atoms with E-state index in [1.807, 2.05) is 4.90 Å². The molecule has 0 spiro atoms. The van der Waals surface area contributed by atoms with Crippen molar-refractivity contribution in [2.75, 3.05) is 19.7 Å². The van der Waals surface area contributed by atoms with Crippen LogP contribution in [0.3, 0.4) is 0 Å². The Morgan fingerprint density at radius 2 is 1.93 bits per heavy atom. The number of nitro groups is 1. The summed E-state index contributed by atoms with van der Waals surface area (Å²) in [6.07, 6.45) is 6.22. The Bertz CT molecular complexity index is 977. The molecule has 1 amide bonds. The van der Waals surface area contributed by atoms with Crippen LogP contribution in [0.15, 0.2) is 29.1 Å². The second-order valence-corrected chi connectivity index (χ2v) is 6.51. The fourth-order valence-corrected chi connectivity index (χ4v) is 2.95. The number of nitrogens with zero attached hydrogens (tertiary/aromatic N) is 3. The number of likely N-dealkylation sites (tertiary alicyclic amines) is 1. The Morgan fingerprint density at radius 3 is 2.55 bits per heavy atom. The minimum atomic E-state index is -1.04. The molecule has 2 N–H and O–H groups in total. The highest BCUT2D eigenvalue weighted by molar-refractivity contribution is 5.77. The van der Waals surface area contributed by atoms with Crippen LogP contribution in [0.1, 0.15) is 30.7 Å². The fraction of sp³-hybridized carbons (Fsp3) is 0.316. The molecular formula is C19H20N4O6. The van der Waals surface area contributed by atoms with Gasteiger partial charge in [-0.05, 0) is 43.0 Å². The summed E-state index contributed by atoms with van der Waals surface area (Å²) < 4.78 is 5.53. The number of carbonyl (C=O) groups excluding carboxylic acids is 1. The van der Waals surface area contributed by atoms with Gasteiger partial charge < -0.3 is 19.7 Å². The summed E-state index contributed by atoms with van der Waals surface area (Å²) in [5.41, 5.74) is -1.30. The highest BCUT2D eigenvalue weighted by Gasteiger charge is 2.21. The summed E-state index contributed by atoms with van der Waals surface area (Å²) >= 11 is 0. The van der Waals surface area contributed by atoms with Crippen LogP contribution in [0.2, 0.25) is 0 Å². The van der Waals surface area contributed by atoms with Crippen LogP contribution in [-0.2, 0) is 4.79 Å². The predicted molar refractivity (Wildman–Crippen MR) is 104 cm³/mol. The lowest BCUT2D eigenvalue weighted by Crippen LogP contribution is -2.38. The van der Waals surface area contributed by atoms with Gasteiger partial charge in [0.2, 0.25) is 0 Å². The monoisotopic (exact) mass is 400 g/mol. The molecule has 0 saturated carbocycles. The minimum absolute atomic E-state index is 0.0115. The first-order valence-electron chi connectivity index (χ1n) is 9.10. The lowest BCUT2D eigenvalue weighted by Gasteiger charge is -2.26. The molecule has 152 valence electrons. The van der Waals surface area contributed by atoms with Crippen molar-refractivity contribution in [3.63, 3.8) is 0 Å². The number of ether oxygens (including phenoxy) is 1. The summed E-state index contributed by atoms with van der Waals surface area (Å²) in [6.45, 7) is 1.54. The average Bonchev–Trinajstić information content (AvgIpc) is 2.71. The van der Waals surface area contributed by atoms with E-state index in [2.05, 4.69) is 9.97 Å². The predicted octanol–water partition coefficient (Wildman–Crippen LogP) is 1.95. The maximum Gasteiger partial charge on any atom is 0.395 e. The zero-order chi connectivity index (χ0) is 20.8. The van der Waals surface area contributed by atoms with Crippen molar-refractivity contribution >= 4 is 23.7 Å². The maximum atomic E-state index is 12.1. The van der Waals surface area contributed by atoms with Gasteiger partial charge in [0.15, 0.2) is 6.61 Å². The van der Waals surface area contributed by atoms with E-state index in [-0.39, 0.29) is 18.3 Å². The van der Waals surface area contributed by atoms with Crippen molar-refractivity contribution in [1.82, 2.24) is 14.9 Å². The molecule has 10 nitrogen and oxygen atoms in total. The molecule has 29 heavy (non-hydrogen) atoms. The maximum absolute atomic E-state index is 12.1. The Morgan fingerprint density at radius 1 is 1.24 bits per heavy atom. The van der Waals surface area contributed by atoms with Gasteiger partial charge in [-0.3, -0.25) is 19.7 Å². The second-order valence-electron chi connectivity index (χ2n) is 6.51. The molecule has 2 aromatic rings. The number of amides is 1. The lowest BCUT2D eigenvalue weighted by atomic mass is 10.1. The van der Waals surface area contributed by atoms with Gasteiger partial charge in [0.05, 0.1) is 4.92 Å². The number of hydrogen-bond donors (Lipinski definition) is 2. The SMILES string of the molecule is O=C(COc1ccc(/C=C/c2nc(O)c([N+](=O)[O-])c(=O)[nH]2)cc1)N1CCCCC1. The van der Waals surface area contributed by atoms with E-state index in [1.165, 1.54) is 6.08 Å². The Labute approximate surface area is 165 Å². The molecule has 10 heteroatoms. The molecule has 1 saturated heterocycles. The van der Waals surface area contributed by atoms with E-state index in [9.17, 15) is 24.8 Å². The van der Waals surface area contributed by atoms with E-state index < -0.39 is 22.0 Å². The molecular weight excluding hydrogens is 380 g/mol. The Kier molecular flexibility index (Phi) is 6.22. The largest absolute Gasteiger partial charge is 0.488 e. The molecule has 0 aliphatic carbocycles. The van der Waals surface area contributed by atoms with Crippen LogP contribution in [0.4, 0.5) is 5.69 Å². The molecule has 2 heterocycles. The summed E-state index contributed by atoms with van der Waals surface area (Å²) in [6, 6.07) is 6.88. The van der Waals surface area contributed by atoms with E-state index in [1.54, 1.807) is 30.3 Å². The summed E-state index contributed by atoms with van der Waals surface area (Å²) in [4.78, 5) is 41.0. The Balaban J connectivity index is 1.59. The standard InChI is InChI=1S/C19H20N4O6/c24-16(22-10-2-1-3-11-22)12-29-14-7-4-13(5-8-14)6-9-15-20-18(25)17(23(27)28)19(26)21-15/h4-9H,1-3,10-12H2,(H2,20,21,25,26)/b9-6+. The third-order valence-corrected chi connectivity index (χ3v) is 4.46. The summed E-state index contributed by atoms with van der Waals surface area (Å²) in [5, 5.41) is 20.2. The molecule has 1 fully saturated rings. The van der Waals surface area contributed by atoms with E-state index in [0.717, 1.165) is 37.9 Å². The van der Waals surface area contributed by atoms with Crippen LogP contribution in [0, 0.1) is 10.1 Å². The first kappa shape index (κ1) is 20.1. The van der Waals surface area contributed by atoms with E-state index >= 15 is 0 Å². The highest BCUT2D eigenvalue weighted by Crippen LogP contribution is 2.18. The molecule has 0 radical (unpaired) electrons. The van der Waals surface area contributed by atoms with Crippen LogP contribution in [0.25, 0.3) is 12.2 Å². The molecule has 0 unspecified atom stereocenters. The van der Waals surface area contributed by atoms with E-state index in [4.69, 9.17) is 4.74 Å². The molecule has 1 aliphatic rings. The third kappa shape index (κ3) is 5.18. The van der Waals surface area contributed by atoms with Crippen molar-refractivity contribution in [3.8, 4) is 11.6 Å². The lowest BCUT2D eigenvalue weighted by molar-refractivity contribution is -0.387.